The minimum absolute atomic E-state index is 0.172. The van der Waals surface area contributed by atoms with Crippen molar-refractivity contribution in [2.75, 3.05) is 36.5 Å². The molecule has 1 aliphatic heterocycles. The van der Waals surface area contributed by atoms with Crippen molar-refractivity contribution in [1.82, 2.24) is 4.98 Å². The number of carbonyl (C=O) groups is 1. The molecule has 1 saturated heterocycles. The average Bonchev–Trinajstić information content (AvgIpc) is 3.11. The smallest absolute Gasteiger partial charge is 0.267 e. The van der Waals surface area contributed by atoms with Gasteiger partial charge >= 0.3 is 0 Å². The summed E-state index contributed by atoms with van der Waals surface area (Å²) in [4.78, 5) is 20.4. The number of nitrogens with one attached hydrogen (secondary N) is 1. The normalized spacial score (nSPS) is 14.1. The number of hydrogen-bond acceptors (Lipinski definition) is 5. The third kappa shape index (κ3) is 4.04. The Balaban J connectivity index is 1.60. The van der Waals surface area contributed by atoms with E-state index in [0.29, 0.717) is 28.8 Å². The van der Waals surface area contributed by atoms with Crippen molar-refractivity contribution in [3.63, 3.8) is 0 Å². The molecule has 0 bridgehead atoms. The first-order chi connectivity index (χ1) is 13.6. The fraction of sp³-hybridized carbons (Fsp3) is 0.238. The number of carbonyl (C=O) groups excluding carboxylic acids is 1. The van der Waals surface area contributed by atoms with Gasteiger partial charge in [-0.2, -0.15) is 0 Å². The number of halogens is 1. The highest BCUT2D eigenvalue weighted by molar-refractivity contribution is 7.17. The number of nitrogens with zero attached hydrogens (tertiary/aromatic N) is 2. The van der Waals surface area contributed by atoms with Crippen LogP contribution in [0, 0.1) is 6.92 Å². The van der Waals surface area contributed by atoms with E-state index in [1.54, 1.807) is 6.07 Å². The van der Waals surface area contributed by atoms with Crippen molar-refractivity contribution >= 4 is 40.2 Å². The van der Waals surface area contributed by atoms with Gasteiger partial charge in [0.15, 0.2) is 0 Å². The van der Waals surface area contributed by atoms with Gasteiger partial charge in [-0.15, -0.1) is 11.3 Å². The highest BCUT2D eigenvalue weighted by Gasteiger charge is 2.20. The van der Waals surface area contributed by atoms with Crippen LogP contribution in [0.2, 0.25) is 5.02 Å². The Morgan fingerprint density at radius 1 is 1.18 bits per heavy atom. The monoisotopic (exact) mass is 413 g/mol. The van der Waals surface area contributed by atoms with Crippen LogP contribution in [0.4, 0.5) is 11.4 Å². The molecule has 5 nitrogen and oxygen atoms in total. The van der Waals surface area contributed by atoms with E-state index in [-0.39, 0.29) is 5.91 Å². The van der Waals surface area contributed by atoms with Crippen LogP contribution in [0.1, 0.15) is 15.4 Å². The van der Waals surface area contributed by atoms with E-state index in [2.05, 4.69) is 15.2 Å². The number of aryl methyl sites for hydroxylation is 1. The molecule has 0 spiro atoms. The maximum atomic E-state index is 13.0. The fourth-order valence-electron chi connectivity index (χ4n) is 3.18. The summed E-state index contributed by atoms with van der Waals surface area (Å²) in [5.41, 5.74) is 3.38. The van der Waals surface area contributed by atoms with Crippen LogP contribution in [0.5, 0.6) is 0 Å². The van der Waals surface area contributed by atoms with Gasteiger partial charge in [-0.3, -0.25) is 4.79 Å². The molecule has 1 amide bonds. The van der Waals surface area contributed by atoms with Gasteiger partial charge in [0.25, 0.3) is 5.91 Å². The zero-order chi connectivity index (χ0) is 19.5. The van der Waals surface area contributed by atoms with Gasteiger partial charge in [0.1, 0.15) is 9.88 Å². The molecule has 0 radical (unpaired) electrons. The van der Waals surface area contributed by atoms with Gasteiger partial charge < -0.3 is 15.0 Å². The topological polar surface area (TPSA) is 54.5 Å². The lowest BCUT2D eigenvalue weighted by Crippen LogP contribution is -2.36. The Morgan fingerprint density at radius 2 is 1.93 bits per heavy atom. The van der Waals surface area contributed by atoms with E-state index >= 15 is 0 Å². The van der Waals surface area contributed by atoms with Crippen LogP contribution in [0.25, 0.3) is 10.6 Å². The number of amides is 1. The van der Waals surface area contributed by atoms with Crippen molar-refractivity contribution in [3.05, 3.63) is 64.1 Å². The Morgan fingerprint density at radius 3 is 2.68 bits per heavy atom. The molecule has 0 saturated carbocycles. The van der Waals surface area contributed by atoms with Crippen LogP contribution in [-0.4, -0.2) is 37.2 Å². The summed E-state index contributed by atoms with van der Waals surface area (Å²) in [6.07, 6.45) is 0. The maximum absolute atomic E-state index is 13.0. The number of benzene rings is 2. The zero-order valence-electron chi connectivity index (χ0n) is 15.4. The van der Waals surface area contributed by atoms with Gasteiger partial charge in [0, 0.05) is 23.7 Å². The molecule has 0 aliphatic carbocycles. The van der Waals surface area contributed by atoms with Crippen molar-refractivity contribution in [2.24, 2.45) is 0 Å². The molecule has 4 rings (SSSR count). The minimum Gasteiger partial charge on any atom is -0.378 e. The molecule has 0 atom stereocenters. The standard InChI is InChI=1S/C21H20ClN3O2S/c1-14-19(28-21(23-14)15-5-3-2-4-6-15)20(26)24-17-13-16(22)7-8-18(17)25-9-11-27-12-10-25/h2-8,13H,9-12H2,1H3,(H,24,26). The average molecular weight is 414 g/mol. The number of ether oxygens (including phenoxy) is 1. The maximum Gasteiger partial charge on any atom is 0.267 e. The molecule has 28 heavy (non-hydrogen) atoms. The van der Waals surface area contributed by atoms with Gasteiger partial charge in [0.2, 0.25) is 0 Å². The second-order valence-corrected chi connectivity index (χ2v) is 7.95. The zero-order valence-corrected chi connectivity index (χ0v) is 17.0. The molecule has 2 aromatic carbocycles. The van der Waals surface area contributed by atoms with E-state index < -0.39 is 0 Å². The first-order valence-corrected chi connectivity index (χ1v) is 10.3. The van der Waals surface area contributed by atoms with E-state index in [4.69, 9.17) is 16.3 Å². The van der Waals surface area contributed by atoms with Crippen LogP contribution in [-0.2, 0) is 4.74 Å². The summed E-state index contributed by atoms with van der Waals surface area (Å²) in [5, 5.41) is 4.45. The first kappa shape index (κ1) is 18.9. The highest BCUT2D eigenvalue weighted by Crippen LogP contribution is 2.32. The molecule has 2 heterocycles. The summed E-state index contributed by atoms with van der Waals surface area (Å²) in [5.74, 6) is -0.172. The van der Waals surface area contributed by atoms with Crippen LogP contribution < -0.4 is 10.2 Å². The van der Waals surface area contributed by atoms with Crippen LogP contribution in [0.3, 0.4) is 0 Å². The fourth-order valence-corrected chi connectivity index (χ4v) is 4.32. The number of rotatable bonds is 4. The van der Waals surface area contributed by atoms with E-state index in [1.807, 2.05) is 49.4 Å². The molecular formula is C21H20ClN3O2S. The molecular weight excluding hydrogens is 394 g/mol. The number of hydrogen-bond donors (Lipinski definition) is 1. The quantitative estimate of drug-likeness (QED) is 0.663. The Bertz CT molecular complexity index is 985. The number of thiazole rings is 1. The molecule has 144 valence electrons. The van der Waals surface area contributed by atoms with Crippen LogP contribution in [0.15, 0.2) is 48.5 Å². The first-order valence-electron chi connectivity index (χ1n) is 9.08. The second kappa shape index (κ2) is 8.31. The number of aromatic nitrogens is 1. The molecule has 0 unspecified atom stereocenters. The largest absolute Gasteiger partial charge is 0.378 e. The predicted octanol–water partition coefficient (Wildman–Crippen LogP) is 4.86. The summed E-state index contributed by atoms with van der Waals surface area (Å²) in [6.45, 7) is 4.76. The SMILES string of the molecule is Cc1nc(-c2ccccc2)sc1C(=O)Nc1cc(Cl)ccc1N1CCOCC1. The molecule has 1 N–H and O–H groups in total. The van der Waals surface area contributed by atoms with Crippen molar-refractivity contribution in [3.8, 4) is 10.6 Å². The lowest BCUT2D eigenvalue weighted by atomic mass is 10.2. The third-order valence-electron chi connectivity index (χ3n) is 4.58. The molecule has 1 aliphatic rings. The lowest BCUT2D eigenvalue weighted by molar-refractivity contribution is 0.103. The lowest BCUT2D eigenvalue weighted by Gasteiger charge is -2.30. The van der Waals surface area contributed by atoms with Crippen molar-refractivity contribution < 1.29 is 9.53 Å². The summed E-state index contributed by atoms with van der Waals surface area (Å²) < 4.78 is 5.43. The predicted molar refractivity (Wildman–Crippen MR) is 115 cm³/mol. The summed E-state index contributed by atoms with van der Waals surface area (Å²) in [6, 6.07) is 15.5. The third-order valence-corrected chi connectivity index (χ3v) is 6.02. The van der Waals surface area contributed by atoms with E-state index in [9.17, 15) is 4.79 Å². The second-order valence-electron chi connectivity index (χ2n) is 6.51. The molecule has 3 aromatic rings. The number of anilines is 2. The van der Waals surface area contributed by atoms with Crippen LogP contribution >= 0.6 is 22.9 Å². The van der Waals surface area contributed by atoms with Gasteiger partial charge in [-0.1, -0.05) is 41.9 Å². The van der Waals surface area contributed by atoms with Gasteiger partial charge in [-0.05, 0) is 25.1 Å². The molecule has 1 aromatic heterocycles. The Labute approximate surface area is 172 Å². The van der Waals surface area contributed by atoms with Gasteiger partial charge in [0.05, 0.1) is 30.3 Å². The summed E-state index contributed by atoms with van der Waals surface area (Å²) >= 11 is 7.59. The van der Waals surface area contributed by atoms with E-state index in [1.165, 1.54) is 11.3 Å². The Hall–Kier alpha value is -2.41. The highest BCUT2D eigenvalue weighted by atomic mass is 35.5. The molecule has 1 fully saturated rings. The Kier molecular flexibility index (Phi) is 5.62. The van der Waals surface area contributed by atoms with E-state index in [0.717, 1.165) is 35.0 Å². The van der Waals surface area contributed by atoms with Crippen molar-refractivity contribution in [2.45, 2.75) is 6.92 Å². The summed E-state index contributed by atoms with van der Waals surface area (Å²) in [7, 11) is 0. The number of morpholine rings is 1. The minimum atomic E-state index is -0.172. The van der Waals surface area contributed by atoms with Crippen molar-refractivity contribution in [1.29, 1.82) is 0 Å². The molecule has 7 heteroatoms. The van der Waals surface area contributed by atoms with Gasteiger partial charge in [-0.25, -0.2) is 4.98 Å².